The van der Waals surface area contributed by atoms with Gasteiger partial charge in [0.05, 0.1) is 7.11 Å². The minimum absolute atomic E-state index is 0.204. The number of rotatable bonds is 2. The molecule has 4 nitrogen and oxygen atoms in total. The molecule has 2 aliphatic heterocycles. The van der Waals surface area contributed by atoms with Crippen LogP contribution in [-0.4, -0.2) is 41.6 Å². The van der Waals surface area contributed by atoms with Crippen molar-refractivity contribution in [3.63, 3.8) is 0 Å². The molecule has 0 bridgehead atoms. The molecule has 0 aromatic heterocycles. The highest BCUT2D eigenvalue weighted by Crippen LogP contribution is 2.47. The topological polar surface area (TPSA) is 44.8 Å². The van der Waals surface area contributed by atoms with Gasteiger partial charge in [0, 0.05) is 11.0 Å². The summed E-state index contributed by atoms with van der Waals surface area (Å²) in [4.78, 5) is 11.7. The molecule has 2 fully saturated rings. The fraction of sp³-hybridized carbons (Fsp3) is 0.900. The number of ether oxygens (including phenoxy) is 3. The first-order valence-corrected chi connectivity index (χ1v) is 6.02. The lowest BCUT2D eigenvalue weighted by Gasteiger charge is -2.25. The lowest BCUT2D eigenvalue weighted by molar-refractivity contribution is -0.184. The smallest absolute Gasteiger partial charge is 0.340 e. The van der Waals surface area contributed by atoms with Crippen LogP contribution in [0.3, 0.4) is 0 Å². The third-order valence-electron chi connectivity index (χ3n) is 2.70. The molecule has 2 aliphatic rings. The largest absolute Gasteiger partial charge is 0.467 e. The van der Waals surface area contributed by atoms with E-state index in [4.69, 9.17) is 14.2 Å². The summed E-state index contributed by atoms with van der Waals surface area (Å²) >= 11 is 1.78. The van der Waals surface area contributed by atoms with Crippen molar-refractivity contribution in [1.29, 1.82) is 0 Å². The number of hydrogen-bond donors (Lipinski definition) is 0. The zero-order chi connectivity index (χ0) is 11.3. The van der Waals surface area contributed by atoms with Gasteiger partial charge in [0.2, 0.25) is 0 Å². The van der Waals surface area contributed by atoms with Gasteiger partial charge >= 0.3 is 5.97 Å². The summed E-state index contributed by atoms with van der Waals surface area (Å²) in [7, 11) is 1.37. The van der Waals surface area contributed by atoms with Gasteiger partial charge < -0.3 is 14.2 Å². The summed E-state index contributed by atoms with van der Waals surface area (Å²) in [6.07, 6.45) is -0.204. The maximum absolute atomic E-state index is 11.7. The van der Waals surface area contributed by atoms with E-state index in [-0.39, 0.29) is 12.1 Å². The van der Waals surface area contributed by atoms with Gasteiger partial charge in [-0.05, 0) is 20.8 Å². The second kappa shape index (κ2) is 3.37. The van der Waals surface area contributed by atoms with Crippen LogP contribution in [0.1, 0.15) is 20.8 Å². The SMILES string of the molecule is COC(=O)[C@]1(C)OC(C)(C)O[C@@H]1[C@@H]1CS1. The zero-order valence-electron chi connectivity index (χ0n) is 9.40. The lowest BCUT2D eigenvalue weighted by atomic mass is 9.97. The summed E-state index contributed by atoms with van der Waals surface area (Å²) in [6.45, 7) is 5.39. The molecular weight excluding hydrogens is 216 g/mol. The number of esters is 1. The van der Waals surface area contributed by atoms with Gasteiger partial charge in [-0.15, -0.1) is 0 Å². The van der Waals surface area contributed by atoms with Crippen molar-refractivity contribution in [3.8, 4) is 0 Å². The first-order chi connectivity index (χ1) is 6.89. The van der Waals surface area contributed by atoms with Crippen molar-refractivity contribution in [2.45, 2.75) is 43.5 Å². The average molecular weight is 232 g/mol. The van der Waals surface area contributed by atoms with Gasteiger partial charge in [-0.2, -0.15) is 11.8 Å². The number of hydrogen-bond acceptors (Lipinski definition) is 5. The van der Waals surface area contributed by atoms with E-state index in [1.807, 2.05) is 13.8 Å². The highest BCUT2D eigenvalue weighted by Gasteiger charge is 2.60. The predicted molar refractivity (Wildman–Crippen MR) is 56.7 cm³/mol. The van der Waals surface area contributed by atoms with E-state index in [1.54, 1.807) is 18.7 Å². The van der Waals surface area contributed by atoms with Gasteiger partial charge in [0.1, 0.15) is 6.10 Å². The third-order valence-corrected chi connectivity index (χ3v) is 3.66. The molecule has 5 heteroatoms. The molecule has 0 radical (unpaired) electrons. The molecule has 2 heterocycles. The van der Waals surface area contributed by atoms with Crippen LogP contribution in [0.15, 0.2) is 0 Å². The van der Waals surface area contributed by atoms with E-state index in [0.29, 0.717) is 5.25 Å². The Labute approximate surface area is 93.6 Å². The number of methoxy groups -OCH3 is 1. The molecule has 3 atom stereocenters. The molecular formula is C10H16O4S. The second-order valence-corrected chi connectivity index (χ2v) is 5.78. The lowest BCUT2D eigenvalue weighted by Crippen LogP contribution is -2.48. The first kappa shape index (κ1) is 11.2. The number of carbonyl (C=O) groups excluding carboxylic acids is 1. The molecule has 2 rings (SSSR count). The fourth-order valence-corrected chi connectivity index (χ4v) is 2.81. The van der Waals surface area contributed by atoms with E-state index < -0.39 is 11.4 Å². The number of carbonyl (C=O) groups is 1. The molecule has 0 N–H and O–H groups in total. The van der Waals surface area contributed by atoms with Gasteiger partial charge in [-0.25, -0.2) is 4.79 Å². The number of thioether (sulfide) groups is 1. The van der Waals surface area contributed by atoms with Gasteiger partial charge in [0.25, 0.3) is 0 Å². The molecule has 0 aromatic carbocycles. The van der Waals surface area contributed by atoms with E-state index in [9.17, 15) is 4.79 Å². The van der Waals surface area contributed by atoms with E-state index in [1.165, 1.54) is 7.11 Å². The Morgan fingerprint density at radius 2 is 2.07 bits per heavy atom. The van der Waals surface area contributed by atoms with Crippen LogP contribution in [0.4, 0.5) is 0 Å². The average Bonchev–Trinajstić information content (AvgIpc) is 2.92. The Bertz CT molecular complexity index is 287. The minimum atomic E-state index is -0.966. The van der Waals surface area contributed by atoms with E-state index in [2.05, 4.69) is 0 Å². The highest BCUT2D eigenvalue weighted by atomic mass is 32.2. The zero-order valence-corrected chi connectivity index (χ0v) is 10.2. The third kappa shape index (κ3) is 1.88. The molecule has 86 valence electrons. The maximum Gasteiger partial charge on any atom is 0.340 e. The Morgan fingerprint density at radius 3 is 2.53 bits per heavy atom. The summed E-state index contributed by atoms with van der Waals surface area (Å²) < 4.78 is 16.2. The Hall–Kier alpha value is -0.260. The van der Waals surface area contributed by atoms with Crippen molar-refractivity contribution in [3.05, 3.63) is 0 Å². The summed E-state index contributed by atoms with van der Waals surface area (Å²) in [5.41, 5.74) is -0.966. The molecule has 2 saturated heterocycles. The Kier molecular flexibility index (Phi) is 2.52. The molecule has 15 heavy (non-hydrogen) atoms. The Morgan fingerprint density at radius 1 is 1.47 bits per heavy atom. The molecule has 0 spiro atoms. The van der Waals surface area contributed by atoms with Crippen LogP contribution in [0.25, 0.3) is 0 Å². The minimum Gasteiger partial charge on any atom is -0.467 e. The Balaban J connectivity index is 2.24. The van der Waals surface area contributed by atoms with Gasteiger partial charge in [0.15, 0.2) is 11.4 Å². The molecule has 0 unspecified atom stereocenters. The fourth-order valence-electron chi connectivity index (χ4n) is 2.03. The highest BCUT2D eigenvalue weighted by molar-refractivity contribution is 8.07. The van der Waals surface area contributed by atoms with E-state index >= 15 is 0 Å². The molecule has 0 amide bonds. The van der Waals surface area contributed by atoms with Gasteiger partial charge in [-0.1, -0.05) is 0 Å². The summed E-state index contributed by atoms with van der Waals surface area (Å²) in [5, 5.41) is 0.357. The van der Waals surface area contributed by atoms with Crippen molar-refractivity contribution in [2.24, 2.45) is 0 Å². The first-order valence-electron chi connectivity index (χ1n) is 4.97. The van der Waals surface area contributed by atoms with Crippen molar-refractivity contribution in [2.75, 3.05) is 12.9 Å². The van der Waals surface area contributed by atoms with Crippen molar-refractivity contribution in [1.82, 2.24) is 0 Å². The molecule has 0 aliphatic carbocycles. The maximum atomic E-state index is 11.7. The predicted octanol–water partition coefficient (Wildman–Crippen LogP) is 1.18. The van der Waals surface area contributed by atoms with Crippen LogP contribution in [0.2, 0.25) is 0 Å². The standard InChI is InChI=1S/C10H16O4S/c1-9(2)13-7(6-5-15-6)10(3,14-9)8(11)12-4/h6-7H,5H2,1-4H3/t6-,7+,10+/m0/s1. The van der Waals surface area contributed by atoms with Crippen molar-refractivity contribution < 1.29 is 19.0 Å². The van der Waals surface area contributed by atoms with Crippen molar-refractivity contribution >= 4 is 17.7 Å². The summed E-state index contributed by atoms with van der Waals surface area (Å²) in [6, 6.07) is 0. The van der Waals surface area contributed by atoms with Gasteiger partial charge in [-0.3, -0.25) is 0 Å². The van der Waals surface area contributed by atoms with Crippen LogP contribution in [0, 0.1) is 0 Å². The summed E-state index contributed by atoms with van der Waals surface area (Å²) in [5.74, 6) is -0.0430. The van der Waals surface area contributed by atoms with Crippen LogP contribution < -0.4 is 0 Å². The van der Waals surface area contributed by atoms with Crippen LogP contribution >= 0.6 is 11.8 Å². The van der Waals surface area contributed by atoms with Crippen LogP contribution in [-0.2, 0) is 19.0 Å². The van der Waals surface area contributed by atoms with Crippen LogP contribution in [0.5, 0.6) is 0 Å². The monoisotopic (exact) mass is 232 g/mol. The quantitative estimate of drug-likeness (QED) is 0.528. The van der Waals surface area contributed by atoms with E-state index in [0.717, 1.165) is 5.75 Å². The normalized spacial score (nSPS) is 42.7. The molecule has 0 saturated carbocycles. The second-order valence-electron chi connectivity index (χ2n) is 4.51. The molecule has 0 aromatic rings.